The summed E-state index contributed by atoms with van der Waals surface area (Å²) in [6, 6.07) is 3.95. The number of benzene rings is 1. The van der Waals surface area contributed by atoms with Gasteiger partial charge in [-0.3, -0.25) is 19.2 Å². The molecule has 1 saturated heterocycles. The van der Waals surface area contributed by atoms with E-state index < -0.39 is 69.2 Å². The topological polar surface area (TPSA) is 182 Å². The average Bonchev–Trinajstić information content (AvgIpc) is 3.71. The number of sulfone groups is 1. The first-order valence-corrected chi connectivity index (χ1v) is 18.1. The molecule has 15 heteroatoms. The van der Waals surface area contributed by atoms with Crippen LogP contribution in [0.4, 0.5) is 4.39 Å². The maximum Gasteiger partial charge on any atom is 0.328 e. The van der Waals surface area contributed by atoms with E-state index in [1.165, 1.54) is 48.4 Å². The Morgan fingerprint density at radius 3 is 2.41 bits per heavy atom. The van der Waals surface area contributed by atoms with Crippen molar-refractivity contribution in [2.45, 2.75) is 83.8 Å². The number of methoxy groups -OCH3 is 1. The molecule has 268 valence electrons. The van der Waals surface area contributed by atoms with Gasteiger partial charge in [-0.05, 0) is 69.1 Å². The van der Waals surface area contributed by atoms with Gasteiger partial charge in [0.2, 0.25) is 11.8 Å². The van der Waals surface area contributed by atoms with Gasteiger partial charge in [-0.1, -0.05) is 37.2 Å². The van der Waals surface area contributed by atoms with Crippen molar-refractivity contribution in [3.8, 4) is 0 Å². The number of likely N-dealkylation sites (tertiary alicyclic amines) is 1. The monoisotopic (exact) mass is 704 g/mol. The molecule has 1 fully saturated rings. The average molecular weight is 705 g/mol. The summed E-state index contributed by atoms with van der Waals surface area (Å²) in [5.74, 6) is -3.83. The Kier molecular flexibility index (Phi) is 14.2. The molecule has 1 aromatic carbocycles. The highest BCUT2D eigenvalue weighted by Crippen LogP contribution is 2.25. The predicted octanol–water partition coefficient (Wildman–Crippen LogP) is 3.07. The van der Waals surface area contributed by atoms with E-state index in [2.05, 4.69) is 15.8 Å². The van der Waals surface area contributed by atoms with Crippen molar-refractivity contribution in [3.05, 3.63) is 64.7 Å². The van der Waals surface area contributed by atoms with E-state index in [4.69, 9.17) is 9.26 Å². The van der Waals surface area contributed by atoms with Crippen LogP contribution in [0.25, 0.3) is 0 Å². The Bertz CT molecular complexity index is 1620. The Balaban J connectivity index is 1.88. The largest absolute Gasteiger partial charge is 0.467 e. The Morgan fingerprint density at radius 2 is 1.82 bits per heavy atom. The Hall–Kier alpha value is -4.40. The van der Waals surface area contributed by atoms with E-state index >= 15 is 0 Å². The van der Waals surface area contributed by atoms with Crippen LogP contribution < -0.4 is 10.6 Å². The highest BCUT2D eigenvalue weighted by atomic mass is 32.2. The summed E-state index contributed by atoms with van der Waals surface area (Å²) in [6.45, 7) is 5.63. The zero-order valence-electron chi connectivity index (χ0n) is 28.4. The summed E-state index contributed by atoms with van der Waals surface area (Å²) in [5.41, 5.74) is 0.514. The smallest absolute Gasteiger partial charge is 0.328 e. The third-order valence-electron chi connectivity index (χ3n) is 8.06. The lowest BCUT2D eigenvalue weighted by molar-refractivity contribution is -0.147. The van der Waals surface area contributed by atoms with Gasteiger partial charge in [0.05, 0.1) is 13.2 Å². The molecule has 1 aromatic heterocycles. The molecular formula is C34H45FN4O9S. The fraction of sp³-hybridized carbons (Fsp3) is 0.529. The number of aromatic nitrogens is 1. The van der Waals surface area contributed by atoms with Gasteiger partial charge in [0.1, 0.15) is 23.7 Å². The molecule has 3 rings (SSSR count). The highest BCUT2D eigenvalue weighted by Gasteiger charge is 2.40. The molecule has 0 aliphatic carbocycles. The second-order valence-corrected chi connectivity index (χ2v) is 14.7. The lowest BCUT2D eigenvalue weighted by Gasteiger charge is -2.30. The summed E-state index contributed by atoms with van der Waals surface area (Å²) in [7, 11) is -2.20. The predicted molar refractivity (Wildman–Crippen MR) is 177 cm³/mol. The molecule has 0 spiro atoms. The molecular weight excluding hydrogens is 659 g/mol. The van der Waals surface area contributed by atoms with Crippen molar-refractivity contribution >= 4 is 39.3 Å². The van der Waals surface area contributed by atoms with Crippen LogP contribution in [-0.2, 0) is 40.2 Å². The summed E-state index contributed by atoms with van der Waals surface area (Å²) < 4.78 is 46.7. The number of allylic oxidation sites excluding steroid dienone is 1. The van der Waals surface area contributed by atoms with Crippen molar-refractivity contribution in [1.82, 2.24) is 20.7 Å². The van der Waals surface area contributed by atoms with Gasteiger partial charge in [-0.15, -0.1) is 0 Å². The number of rotatable bonds is 17. The van der Waals surface area contributed by atoms with Gasteiger partial charge in [0.25, 0.3) is 5.91 Å². The van der Waals surface area contributed by atoms with Crippen LogP contribution in [0.3, 0.4) is 0 Å². The number of amides is 3. The molecule has 4 atom stereocenters. The fourth-order valence-corrected chi connectivity index (χ4v) is 6.18. The minimum atomic E-state index is -3.43. The summed E-state index contributed by atoms with van der Waals surface area (Å²) in [6.07, 6.45) is 3.40. The molecule has 0 radical (unpaired) electrons. The first-order valence-electron chi connectivity index (χ1n) is 16.1. The summed E-state index contributed by atoms with van der Waals surface area (Å²) >= 11 is 0. The number of Topliss-reactive ketones (excluding diaryl/α,β-unsaturated/α-hetero) is 1. The van der Waals surface area contributed by atoms with Crippen molar-refractivity contribution < 1.29 is 46.0 Å². The maximum absolute atomic E-state index is 14.2. The number of hydrogen-bond donors (Lipinski definition) is 2. The number of ether oxygens (including phenoxy) is 1. The number of aryl methyl sites for hydroxylation is 1. The molecule has 3 amide bonds. The first-order chi connectivity index (χ1) is 23.1. The second-order valence-electron chi connectivity index (χ2n) is 12.7. The van der Waals surface area contributed by atoms with Gasteiger partial charge < -0.3 is 24.8 Å². The molecule has 2 aromatic rings. The molecule has 1 aliphatic rings. The molecule has 1 aliphatic heterocycles. The second kappa shape index (κ2) is 17.8. The van der Waals surface area contributed by atoms with E-state index in [0.29, 0.717) is 30.6 Å². The Labute approximate surface area is 285 Å². The third kappa shape index (κ3) is 12.2. The van der Waals surface area contributed by atoms with Crippen LogP contribution in [0, 0.1) is 24.6 Å². The van der Waals surface area contributed by atoms with E-state index in [1.54, 1.807) is 6.92 Å². The van der Waals surface area contributed by atoms with Gasteiger partial charge in [0.15, 0.2) is 21.3 Å². The molecule has 0 saturated carbocycles. The SMILES string of the molecule is COC(=O)[C@H](CC(C)C)NC(=O)[C@@H]1CCCN1C(=O)[C@@H](CC(=O)[C@H](CCC=CS(C)(=O)=O)NC(=O)c1cc(C)on1)Cc1ccc(F)cc1. The first kappa shape index (κ1) is 39.0. The van der Waals surface area contributed by atoms with Crippen LogP contribution in [0.5, 0.6) is 0 Å². The maximum atomic E-state index is 14.2. The molecule has 2 N–H and O–H groups in total. The summed E-state index contributed by atoms with van der Waals surface area (Å²) in [4.78, 5) is 68.3. The van der Waals surface area contributed by atoms with Crippen LogP contribution in [-0.4, -0.2) is 86.0 Å². The number of nitrogens with one attached hydrogen (secondary N) is 2. The molecule has 49 heavy (non-hydrogen) atoms. The van der Waals surface area contributed by atoms with Crippen molar-refractivity contribution in [3.63, 3.8) is 0 Å². The highest BCUT2D eigenvalue weighted by molar-refractivity contribution is 7.93. The van der Waals surface area contributed by atoms with Gasteiger partial charge in [-0.25, -0.2) is 17.6 Å². The lowest BCUT2D eigenvalue weighted by Crippen LogP contribution is -2.53. The van der Waals surface area contributed by atoms with Crippen LogP contribution in [0.2, 0.25) is 0 Å². The standard InChI is InChI=1S/C34H45FN4O9S/c1-21(2)17-28(34(44)47-4)37-32(42)29-10-8-15-39(29)33(43)24(19-23-11-13-25(35)14-12-23)20-30(40)26(9-6-7-16-49(5,45)46)36-31(41)27-18-22(3)48-38-27/h7,11-14,16,18,21,24,26,28-29H,6,8-10,15,17,19-20H2,1-5H3,(H,36,41)(H,37,42)/t24-,26+,28+,29+/m1/s1. The quantitative estimate of drug-likeness (QED) is 0.232. The van der Waals surface area contributed by atoms with Crippen LogP contribution in [0.15, 0.2) is 46.3 Å². The van der Waals surface area contributed by atoms with Crippen molar-refractivity contribution in [1.29, 1.82) is 0 Å². The molecule has 13 nitrogen and oxygen atoms in total. The van der Waals surface area contributed by atoms with E-state index in [0.717, 1.165) is 11.7 Å². The molecule has 0 bridgehead atoms. The van der Waals surface area contributed by atoms with Crippen LogP contribution in [0.1, 0.15) is 74.2 Å². The minimum absolute atomic E-state index is 0.0183. The number of nitrogens with zero attached hydrogens (tertiary/aromatic N) is 2. The van der Waals surface area contributed by atoms with Gasteiger partial charge >= 0.3 is 5.97 Å². The lowest BCUT2D eigenvalue weighted by atomic mass is 9.89. The van der Waals surface area contributed by atoms with Crippen LogP contribution >= 0.6 is 0 Å². The molecule has 2 heterocycles. The number of carbonyl (C=O) groups excluding carboxylic acids is 5. The van der Waals surface area contributed by atoms with E-state index in [-0.39, 0.29) is 43.8 Å². The summed E-state index contributed by atoms with van der Waals surface area (Å²) in [5, 5.41) is 10.1. The number of esters is 1. The Morgan fingerprint density at radius 1 is 1.12 bits per heavy atom. The van der Waals surface area contributed by atoms with Gasteiger partial charge in [-0.2, -0.15) is 0 Å². The zero-order valence-corrected chi connectivity index (χ0v) is 29.3. The minimum Gasteiger partial charge on any atom is -0.467 e. The normalized spacial score (nSPS) is 16.7. The van der Waals surface area contributed by atoms with Gasteiger partial charge in [0, 0.05) is 36.6 Å². The fourth-order valence-electron chi connectivity index (χ4n) is 5.70. The number of carbonyl (C=O) groups is 5. The number of halogens is 1. The van der Waals surface area contributed by atoms with E-state index in [9.17, 15) is 36.8 Å². The van der Waals surface area contributed by atoms with Crippen molar-refractivity contribution in [2.75, 3.05) is 19.9 Å². The van der Waals surface area contributed by atoms with E-state index in [1.807, 2.05) is 13.8 Å². The third-order valence-corrected chi connectivity index (χ3v) is 8.75. The zero-order chi connectivity index (χ0) is 36.3. The van der Waals surface area contributed by atoms with Crippen molar-refractivity contribution in [2.24, 2.45) is 11.8 Å². The number of ketones is 1. The number of hydrogen-bond acceptors (Lipinski definition) is 10. The molecule has 0 unspecified atom stereocenters.